The first-order valence-corrected chi connectivity index (χ1v) is 17.9. The van der Waals surface area contributed by atoms with Gasteiger partial charge in [-0.1, -0.05) is 12.2 Å². The molecule has 7 nitrogen and oxygen atoms in total. The average molecular weight is 695 g/mol. The Morgan fingerprint density at radius 2 is 1.61 bits per heavy atom. The summed E-state index contributed by atoms with van der Waals surface area (Å²) in [4.78, 5) is 7.34. The Balaban J connectivity index is 1.08. The number of likely N-dealkylation sites (N-methyl/N-ethyl adjacent to an activating group) is 1. The predicted molar refractivity (Wildman–Crippen MR) is 199 cm³/mol. The molecule has 1 unspecified atom stereocenters. The number of nitrogens with zero attached hydrogens (tertiary/aromatic N) is 3. The third-order valence-corrected chi connectivity index (χ3v) is 10.5. The van der Waals surface area contributed by atoms with E-state index in [0.29, 0.717) is 17.5 Å². The number of hydrogen-bond donors (Lipinski definition) is 1. The number of piperidine rings is 1. The molecule has 1 atom stereocenters. The molecule has 3 aromatic carbocycles. The van der Waals surface area contributed by atoms with E-state index < -0.39 is 11.6 Å². The molecule has 3 heterocycles. The normalized spacial score (nSPS) is 19.5. The summed E-state index contributed by atoms with van der Waals surface area (Å²) in [6, 6.07) is 16.6. The average Bonchev–Trinajstić information content (AvgIpc) is 4.00. The Hall–Kier alpha value is -4.76. The molecule has 1 N–H and O–H groups in total. The number of halogens is 2. The lowest BCUT2D eigenvalue weighted by molar-refractivity contribution is 0.225. The first-order chi connectivity index (χ1) is 24.8. The van der Waals surface area contributed by atoms with E-state index in [-0.39, 0.29) is 6.04 Å². The van der Waals surface area contributed by atoms with Crippen LogP contribution < -0.4 is 24.4 Å². The van der Waals surface area contributed by atoms with Crippen LogP contribution in [0.2, 0.25) is 0 Å². The minimum Gasteiger partial charge on any atom is -0.497 e. The first-order valence-electron chi connectivity index (χ1n) is 17.9. The molecule has 0 bridgehead atoms. The summed E-state index contributed by atoms with van der Waals surface area (Å²) >= 11 is 0. The third kappa shape index (κ3) is 7.94. The summed E-state index contributed by atoms with van der Waals surface area (Å²) in [5.41, 5.74) is 7.76. The van der Waals surface area contributed by atoms with E-state index >= 15 is 0 Å². The lowest BCUT2D eigenvalue weighted by Crippen LogP contribution is -2.46. The van der Waals surface area contributed by atoms with E-state index in [4.69, 9.17) is 14.2 Å². The molecule has 1 saturated carbocycles. The summed E-state index contributed by atoms with van der Waals surface area (Å²) < 4.78 is 45.0. The predicted octanol–water partition coefficient (Wildman–Crippen LogP) is 7.84. The van der Waals surface area contributed by atoms with Gasteiger partial charge in [-0.2, -0.15) is 0 Å². The van der Waals surface area contributed by atoms with Crippen molar-refractivity contribution >= 4 is 11.4 Å². The van der Waals surface area contributed by atoms with Gasteiger partial charge < -0.3 is 29.3 Å². The van der Waals surface area contributed by atoms with Crippen LogP contribution in [0.1, 0.15) is 54.3 Å². The molecule has 1 saturated heterocycles. The number of methoxy groups -OCH3 is 3. The highest BCUT2D eigenvalue weighted by molar-refractivity contribution is 5.72. The molecule has 268 valence electrons. The number of anilines is 1. The molecule has 1 aliphatic carbocycles. The highest BCUT2D eigenvalue weighted by Crippen LogP contribution is 2.49. The van der Waals surface area contributed by atoms with Gasteiger partial charge >= 0.3 is 0 Å². The quantitative estimate of drug-likeness (QED) is 0.207. The van der Waals surface area contributed by atoms with Crippen molar-refractivity contribution in [1.82, 2.24) is 15.1 Å². The Labute approximate surface area is 300 Å². The van der Waals surface area contributed by atoms with Crippen LogP contribution in [0.4, 0.5) is 14.5 Å². The lowest BCUT2D eigenvalue weighted by atomic mass is 9.97. The van der Waals surface area contributed by atoms with Gasteiger partial charge in [0, 0.05) is 74.4 Å². The van der Waals surface area contributed by atoms with E-state index in [9.17, 15) is 8.78 Å². The number of nitrogens with one attached hydrogen (secondary N) is 1. The van der Waals surface area contributed by atoms with Gasteiger partial charge in [0.05, 0.1) is 27.4 Å². The topological polar surface area (TPSA) is 49.4 Å². The van der Waals surface area contributed by atoms with E-state index in [1.165, 1.54) is 47.5 Å². The van der Waals surface area contributed by atoms with E-state index in [1.807, 2.05) is 18.3 Å². The number of ether oxygens (including phenoxy) is 3. The van der Waals surface area contributed by atoms with Crippen molar-refractivity contribution in [3.63, 3.8) is 0 Å². The summed E-state index contributed by atoms with van der Waals surface area (Å²) in [5.74, 6) is 1.87. The van der Waals surface area contributed by atoms with Crippen molar-refractivity contribution in [2.45, 2.75) is 43.7 Å². The van der Waals surface area contributed by atoms with Gasteiger partial charge in [-0.3, -0.25) is 4.90 Å². The first kappa shape index (κ1) is 34.7. The highest BCUT2D eigenvalue weighted by atomic mass is 19.1. The van der Waals surface area contributed by atoms with Crippen molar-refractivity contribution in [2.24, 2.45) is 0 Å². The van der Waals surface area contributed by atoms with Gasteiger partial charge in [0.1, 0.15) is 17.4 Å². The van der Waals surface area contributed by atoms with Crippen LogP contribution in [0.5, 0.6) is 17.2 Å². The zero-order valence-corrected chi connectivity index (χ0v) is 30.0. The molecule has 7 rings (SSSR count). The minimum absolute atomic E-state index is 0.265. The number of likely N-dealkylation sites (tertiary alicyclic amines) is 1. The zero-order chi connectivity index (χ0) is 35.5. The second-order valence-corrected chi connectivity index (χ2v) is 14.0. The fourth-order valence-corrected chi connectivity index (χ4v) is 7.63. The molecule has 51 heavy (non-hydrogen) atoms. The van der Waals surface area contributed by atoms with Gasteiger partial charge in [0.15, 0.2) is 11.5 Å². The molecule has 0 spiro atoms. The molecule has 0 radical (unpaired) electrons. The smallest absolute Gasteiger partial charge is 0.164 e. The molecule has 9 heteroatoms. The van der Waals surface area contributed by atoms with Crippen LogP contribution in [-0.4, -0.2) is 76.9 Å². The van der Waals surface area contributed by atoms with Gasteiger partial charge in [-0.05, 0) is 115 Å². The van der Waals surface area contributed by atoms with Crippen LogP contribution >= 0.6 is 0 Å². The van der Waals surface area contributed by atoms with E-state index in [2.05, 4.69) is 75.6 Å². The van der Waals surface area contributed by atoms with Gasteiger partial charge in [-0.15, -0.1) is 0 Å². The summed E-state index contributed by atoms with van der Waals surface area (Å²) in [6.45, 7) is 4.31. The lowest BCUT2D eigenvalue weighted by Gasteiger charge is -2.41. The largest absolute Gasteiger partial charge is 0.497 e. The fourth-order valence-electron chi connectivity index (χ4n) is 7.63. The SMILES string of the molecule is COc1ccc(N(CC2=CCN(C)C(c3cc(OC)c(OC)c(C4CC4)c3)=C2)C2CCN(CC3=CC(c4cc(F)cc(F)c4)NC=C3)CC2)cc1. The van der Waals surface area contributed by atoms with Crippen molar-refractivity contribution in [1.29, 1.82) is 0 Å². The summed E-state index contributed by atoms with van der Waals surface area (Å²) in [5, 5.41) is 3.23. The Bertz CT molecular complexity index is 1820. The van der Waals surface area contributed by atoms with Crippen LogP contribution in [0, 0.1) is 11.6 Å². The molecular weight excluding hydrogens is 646 g/mol. The van der Waals surface area contributed by atoms with Crippen molar-refractivity contribution in [3.8, 4) is 17.2 Å². The van der Waals surface area contributed by atoms with Gasteiger partial charge in [0.25, 0.3) is 0 Å². The van der Waals surface area contributed by atoms with Crippen molar-refractivity contribution in [3.05, 3.63) is 125 Å². The molecule has 4 aliphatic rings. The second kappa shape index (κ2) is 15.2. The number of rotatable bonds is 12. The molecular formula is C42H48F2N4O3. The zero-order valence-electron chi connectivity index (χ0n) is 30.0. The third-order valence-electron chi connectivity index (χ3n) is 10.5. The van der Waals surface area contributed by atoms with E-state index in [0.717, 1.165) is 80.0 Å². The van der Waals surface area contributed by atoms with Crippen LogP contribution in [0.3, 0.4) is 0 Å². The highest BCUT2D eigenvalue weighted by Gasteiger charge is 2.31. The molecule has 0 amide bonds. The Kier molecular flexibility index (Phi) is 10.4. The van der Waals surface area contributed by atoms with Crippen molar-refractivity contribution in [2.75, 3.05) is 66.0 Å². The van der Waals surface area contributed by atoms with Crippen molar-refractivity contribution < 1.29 is 23.0 Å². The Morgan fingerprint density at radius 3 is 2.27 bits per heavy atom. The Morgan fingerprint density at radius 1 is 0.863 bits per heavy atom. The van der Waals surface area contributed by atoms with Gasteiger partial charge in [-0.25, -0.2) is 8.78 Å². The molecule has 3 aromatic rings. The van der Waals surface area contributed by atoms with Crippen LogP contribution in [-0.2, 0) is 0 Å². The fraction of sp³-hybridized carbons (Fsp3) is 0.381. The molecule has 3 aliphatic heterocycles. The maximum atomic E-state index is 13.9. The van der Waals surface area contributed by atoms with Gasteiger partial charge in [0.2, 0.25) is 0 Å². The summed E-state index contributed by atoms with van der Waals surface area (Å²) in [7, 11) is 7.29. The number of benzene rings is 3. The summed E-state index contributed by atoms with van der Waals surface area (Å²) in [6.07, 6.45) is 15.1. The van der Waals surface area contributed by atoms with Crippen LogP contribution in [0.15, 0.2) is 96.2 Å². The second-order valence-electron chi connectivity index (χ2n) is 14.0. The van der Waals surface area contributed by atoms with E-state index in [1.54, 1.807) is 21.3 Å². The maximum absolute atomic E-state index is 13.9. The van der Waals surface area contributed by atoms with Crippen LogP contribution in [0.25, 0.3) is 5.70 Å². The minimum atomic E-state index is -0.564. The molecule has 2 fully saturated rings. The monoisotopic (exact) mass is 694 g/mol. The number of hydrogen-bond acceptors (Lipinski definition) is 7. The maximum Gasteiger partial charge on any atom is 0.164 e. The molecule has 0 aromatic heterocycles. The standard InChI is InChI=1S/C42H48F2N4O3/c1-46-16-12-29(20-40(46)32-23-38(30-5-6-30)42(51-4)41(24-32)50-3)27-48(35-7-9-37(49-2)10-8-35)36-13-17-47(18-14-36)26-28-11-15-45-39(19-28)31-21-33(43)25-34(44)22-31/h7-12,15,19-25,30,36,39,45H,5-6,13-14,16-18,26-27H2,1-4H3. The number of dihydropyridines is 1.